The first-order valence-corrected chi connectivity index (χ1v) is 20.4. The molecule has 10 amide bonds. The molecule has 324 valence electrons. The van der Waals surface area contributed by atoms with Crippen molar-refractivity contribution in [1.29, 1.82) is 5.41 Å². The van der Waals surface area contributed by atoms with Crippen LogP contribution < -0.4 is 43.4 Å². The van der Waals surface area contributed by atoms with Gasteiger partial charge in [-0.2, -0.15) is 0 Å². The number of nitrogens with two attached hydrogens (primary N) is 2. The molecule has 5 rings (SSSR count). The zero-order chi connectivity index (χ0) is 44.6. The molecule has 0 saturated carbocycles. The quantitative estimate of drug-likeness (QED) is 0.0594. The van der Waals surface area contributed by atoms with E-state index in [0.717, 1.165) is 16.5 Å². The van der Waals surface area contributed by atoms with Crippen molar-refractivity contribution in [3.63, 3.8) is 0 Å². The van der Waals surface area contributed by atoms with Gasteiger partial charge in [-0.05, 0) is 37.5 Å². The normalized spacial score (nSPS) is 23.4. The number of amides is 10. The van der Waals surface area contributed by atoms with Crippen molar-refractivity contribution in [3.05, 3.63) is 71.9 Å². The van der Waals surface area contributed by atoms with Crippen LogP contribution in [0, 0.1) is 5.41 Å². The largest absolute Gasteiger partial charge is 0.370 e. The number of hydrogen-bond acceptors (Lipinski definition) is 11. The fourth-order valence-electron chi connectivity index (χ4n) is 7.11. The van der Waals surface area contributed by atoms with Gasteiger partial charge >= 0.3 is 6.03 Å². The fourth-order valence-corrected chi connectivity index (χ4v) is 8.54. The molecule has 21 heteroatoms. The number of hydrogen-bond donors (Lipinski definition) is 10. The van der Waals surface area contributed by atoms with Crippen LogP contribution in [0.4, 0.5) is 4.79 Å². The minimum atomic E-state index is -2.03. The van der Waals surface area contributed by atoms with E-state index in [9.17, 15) is 43.2 Å². The molecule has 2 aliphatic heterocycles. The lowest BCUT2D eigenvalue weighted by molar-refractivity contribution is -0.137. The third-order valence-electron chi connectivity index (χ3n) is 10.5. The molecule has 2 aromatic carbocycles. The summed E-state index contributed by atoms with van der Waals surface area (Å²) in [5.41, 5.74) is 13.5. The Labute approximate surface area is 354 Å². The van der Waals surface area contributed by atoms with Crippen LogP contribution in [0.2, 0.25) is 0 Å². The SMILES string of the molecule is CC[C@H](NC(=O)[C@@H](Cc1ccccc1)NC(=O)[C@H]1NC(=O)[C@@H](C)NC(=O)[C@@H](N2C(=O)N[C@@H](C)C2=O)CSC1(C=N)CC(N)=O)C(=O)N[C@@H](Cc1c[nH]c2ccccc12)C(N)=O. The van der Waals surface area contributed by atoms with Crippen LogP contribution in [0.1, 0.15) is 44.7 Å². The van der Waals surface area contributed by atoms with E-state index < -0.39 is 113 Å². The van der Waals surface area contributed by atoms with E-state index in [-0.39, 0.29) is 19.3 Å². The van der Waals surface area contributed by atoms with Crippen LogP contribution in [-0.4, -0.2) is 122 Å². The molecule has 1 aromatic heterocycles. The number of thioether (sulfide) groups is 1. The van der Waals surface area contributed by atoms with Gasteiger partial charge in [-0.25, -0.2) is 9.69 Å². The number of fused-ring (bicyclic) bond motifs is 1. The lowest BCUT2D eigenvalue weighted by Gasteiger charge is -2.39. The molecule has 61 heavy (non-hydrogen) atoms. The van der Waals surface area contributed by atoms with Crippen molar-refractivity contribution in [2.75, 3.05) is 5.75 Å². The number of nitrogens with one attached hydrogen (secondary N) is 8. The van der Waals surface area contributed by atoms with Gasteiger partial charge in [0, 0.05) is 48.3 Å². The van der Waals surface area contributed by atoms with Crippen molar-refractivity contribution in [2.45, 2.75) is 93.5 Å². The molecule has 2 aliphatic rings. The molecule has 0 spiro atoms. The molecule has 12 N–H and O–H groups in total. The standard InChI is InChI=1S/C40H49N11O9S/c1-4-25(34(55)48-27(32(43)53)15-23-17-44-26-13-9-8-12-24(23)26)47-35(56)28(14-22-10-6-5-7-11-22)49-37(58)31-40(19-41,16-30(42)52)61-18-29(36(57)45-20(2)33(54)50-31)51-38(59)21(3)46-39(51)60/h5-13,17,19-21,25,27-29,31,41,44H,4,14-16,18H2,1-3H3,(H2,42,52)(H2,43,53)(H,45,57)(H,46,60)(H,47,56)(H,48,55)(H,49,58)(H,50,54)/t20-,21+,25+,27+,28-,29+,31-,40?/m1/s1. The van der Waals surface area contributed by atoms with E-state index in [1.165, 1.54) is 13.8 Å². The highest BCUT2D eigenvalue weighted by Crippen LogP contribution is 2.34. The average molecular weight is 860 g/mol. The zero-order valence-corrected chi connectivity index (χ0v) is 34.4. The number of carbonyl (C=O) groups is 9. The lowest BCUT2D eigenvalue weighted by Crippen LogP contribution is -2.66. The first kappa shape index (κ1) is 45.3. The Balaban J connectivity index is 1.43. The Morgan fingerprint density at radius 2 is 1.51 bits per heavy atom. The fraction of sp³-hybridized carbons (Fsp3) is 0.400. The second-order valence-electron chi connectivity index (χ2n) is 14.9. The Morgan fingerprint density at radius 1 is 0.852 bits per heavy atom. The molecule has 20 nitrogen and oxygen atoms in total. The number of primary amides is 2. The highest BCUT2D eigenvalue weighted by atomic mass is 32.2. The van der Waals surface area contributed by atoms with Crippen molar-refractivity contribution in [1.82, 2.24) is 41.8 Å². The van der Waals surface area contributed by atoms with Crippen LogP contribution in [0.3, 0.4) is 0 Å². The molecule has 2 fully saturated rings. The molecule has 0 bridgehead atoms. The number of carbonyl (C=O) groups excluding carboxylic acids is 9. The summed E-state index contributed by atoms with van der Waals surface area (Å²) < 4.78 is -2.03. The maximum atomic E-state index is 14.6. The Kier molecular flexibility index (Phi) is 14.5. The van der Waals surface area contributed by atoms with Gasteiger partial charge < -0.3 is 53.8 Å². The van der Waals surface area contributed by atoms with Gasteiger partial charge in [0.15, 0.2) is 0 Å². The molecule has 3 aromatic rings. The molecule has 1 unspecified atom stereocenters. The van der Waals surface area contributed by atoms with E-state index >= 15 is 0 Å². The second-order valence-corrected chi connectivity index (χ2v) is 16.3. The van der Waals surface area contributed by atoms with E-state index in [0.29, 0.717) is 28.4 Å². The molecule has 3 heterocycles. The third-order valence-corrected chi connectivity index (χ3v) is 12.0. The van der Waals surface area contributed by atoms with Crippen LogP contribution in [0.15, 0.2) is 60.8 Å². The first-order chi connectivity index (χ1) is 29.0. The molecular formula is C40H49N11O9S. The zero-order valence-electron chi connectivity index (χ0n) is 33.6. The summed E-state index contributed by atoms with van der Waals surface area (Å²) in [6, 6.07) is 5.51. The maximum absolute atomic E-state index is 14.6. The van der Waals surface area contributed by atoms with Gasteiger partial charge in [0.2, 0.25) is 41.4 Å². The minimum absolute atomic E-state index is 0.0497. The summed E-state index contributed by atoms with van der Waals surface area (Å²) in [4.78, 5) is 124. The monoisotopic (exact) mass is 859 g/mol. The van der Waals surface area contributed by atoms with E-state index in [4.69, 9.17) is 16.9 Å². The van der Waals surface area contributed by atoms with Gasteiger partial charge in [-0.3, -0.25) is 38.4 Å². The van der Waals surface area contributed by atoms with Gasteiger partial charge in [0.05, 0.1) is 4.75 Å². The number of benzene rings is 2. The van der Waals surface area contributed by atoms with E-state index in [2.05, 4.69) is 36.9 Å². The van der Waals surface area contributed by atoms with Gasteiger partial charge in [-0.1, -0.05) is 55.5 Å². The van der Waals surface area contributed by atoms with Crippen molar-refractivity contribution in [3.8, 4) is 0 Å². The van der Waals surface area contributed by atoms with Crippen LogP contribution in [-0.2, 0) is 51.2 Å². The summed E-state index contributed by atoms with van der Waals surface area (Å²) in [7, 11) is 0. The summed E-state index contributed by atoms with van der Waals surface area (Å²) in [6.45, 7) is 4.32. The van der Waals surface area contributed by atoms with Gasteiger partial charge in [0.1, 0.15) is 42.3 Å². The number of urea groups is 1. The number of H-pyrrole nitrogens is 1. The molecule has 8 atom stereocenters. The van der Waals surface area contributed by atoms with E-state index in [1.807, 2.05) is 24.3 Å². The van der Waals surface area contributed by atoms with E-state index in [1.54, 1.807) is 43.5 Å². The summed E-state index contributed by atoms with van der Waals surface area (Å²) in [5.74, 6) is -7.45. The molecule has 0 aliphatic carbocycles. The Hall–Kier alpha value is -6.77. The number of aromatic nitrogens is 1. The van der Waals surface area contributed by atoms with Crippen molar-refractivity contribution >= 4 is 82.2 Å². The summed E-state index contributed by atoms with van der Waals surface area (Å²) >= 11 is 0.659. The molecule has 2 saturated heterocycles. The number of rotatable bonds is 16. The Bertz CT molecular complexity index is 2220. The molecular weight excluding hydrogens is 811 g/mol. The van der Waals surface area contributed by atoms with Crippen molar-refractivity contribution in [2.24, 2.45) is 11.5 Å². The number of nitrogens with zero attached hydrogens (tertiary/aromatic N) is 1. The number of aromatic amines is 1. The topological polar surface area (TPSA) is 321 Å². The third kappa shape index (κ3) is 10.5. The van der Waals surface area contributed by atoms with Crippen LogP contribution in [0.5, 0.6) is 0 Å². The second kappa shape index (κ2) is 19.5. The predicted octanol–water partition coefficient (Wildman–Crippen LogP) is -1.39. The predicted molar refractivity (Wildman–Crippen MR) is 223 cm³/mol. The van der Waals surface area contributed by atoms with Gasteiger partial charge in [0.25, 0.3) is 5.91 Å². The van der Waals surface area contributed by atoms with Crippen molar-refractivity contribution < 1.29 is 43.2 Å². The highest BCUT2D eigenvalue weighted by Gasteiger charge is 2.50. The summed E-state index contributed by atoms with van der Waals surface area (Å²) in [6.07, 6.45) is 1.64. The summed E-state index contributed by atoms with van der Waals surface area (Å²) in [5, 5.41) is 24.6. The lowest BCUT2D eigenvalue weighted by atomic mass is 9.93. The number of para-hydroxylation sites is 1. The smallest absolute Gasteiger partial charge is 0.325 e. The van der Waals surface area contributed by atoms with Crippen LogP contribution >= 0.6 is 11.8 Å². The van der Waals surface area contributed by atoms with Crippen LogP contribution in [0.25, 0.3) is 10.9 Å². The minimum Gasteiger partial charge on any atom is -0.370 e. The highest BCUT2D eigenvalue weighted by molar-refractivity contribution is 8.01. The average Bonchev–Trinajstić information content (AvgIpc) is 3.75. The number of imide groups is 1. The molecule has 0 radical (unpaired) electrons. The maximum Gasteiger partial charge on any atom is 0.325 e. The van der Waals surface area contributed by atoms with Gasteiger partial charge in [-0.15, -0.1) is 11.8 Å². The first-order valence-electron chi connectivity index (χ1n) is 19.5. The Morgan fingerprint density at radius 3 is 2.13 bits per heavy atom.